The summed E-state index contributed by atoms with van der Waals surface area (Å²) in [4.78, 5) is 23.2. The van der Waals surface area contributed by atoms with Crippen LogP contribution in [0.1, 0.15) is 74.2 Å². The Morgan fingerprint density at radius 3 is 2.66 bits per heavy atom. The van der Waals surface area contributed by atoms with Crippen molar-refractivity contribution in [1.82, 2.24) is 20.4 Å². The van der Waals surface area contributed by atoms with Crippen molar-refractivity contribution in [2.45, 2.75) is 65.4 Å². The van der Waals surface area contributed by atoms with Gasteiger partial charge in [-0.2, -0.15) is 4.98 Å². The van der Waals surface area contributed by atoms with E-state index < -0.39 is 6.10 Å². The van der Waals surface area contributed by atoms with Gasteiger partial charge in [0.2, 0.25) is 5.88 Å². The summed E-state index contributed by atoms with van der Waals surface area (Å²) in [6.45, 7) is 10.2. The van der Waals surface area contributed by atoms with Crippen molar-refractivity contribution in [3.63, 3.8) is 0 Å². The normalized spacial score (nSPS) is 15.8. The van der Waals surface area contributed by atoms with Gasteiger partial charge in [-0.05, 0) is 51.5 Å². The fraction of sp³-hybridized carbons (Fsp3) is 0.652. The molecule has 2 N–H and O–H groups in total. The van der Waals surface area contributed by atoms with E-state index in [1.165, 1.54) is 0 Å². The van der Waals surface area contributed by atoms with Gasteiger partial charge in [-0.15, -0.1) is 0 Å². The molecular formula is C23H35N5O4. The van der Waals surface area contributed by atoms with Crippen LogP contribution in [0.2, 0.25) is 0 Å². The van der Waals surface area contributed by atoms with E-state index in [0.717, 1.165) is 44.6 Å². The number of aliphatic hydroxyl groups is 1. The van der Waals surface area contributed by atoms with Crippen LogP contribution in [0.15, 0.2) is 16.7 Å². The van der Waals surface area contributed by atoms with E-state index in [-0.39, 0.29) is 18.4 Å². The highest BCUT2D eigenvalue weighted by molar-refractivity contribution is 5.95. The molecule has 9 heteroatoms. The minimum absolute atomic E-state index is 0.212. The Bertz CT molecular complexity index is 875. The molecule has 1 aliphatic heterocycles. The number of pyridine rings is 1. The van der Waals surface area contributed by atoms with Gasteiger partial charge in [-0.25, -0.2) is 4.98 Å². The maximum absolute atomic E-state index is 12.1. The highest BCUT2D eigenvalue weighted by atomic mass is 16.5. The average Bonchev–Trinajstić information content (AvgIpc) is 3.26. The molecule has 176 valence electrons. The molecule has 1 fully saturated rings. The van der Waals surface area contributed by atoms with E-state index in [2.05, 4.69) is 39.2 Å². The number of piperidine rings is 1. The molecular weight excluding hydrogens is 410 g/mol. The maximum Gasteiger partial charge on any atom is 0.324 e. The monoisotopic (exact) mass is 445 g/mol. The minimum atomic E-state index is -0.585. The van der Waals surface area contributed by atoms with Crippen molar-refractivity contribution in [3.05, 3.63) is 29.2 Å². The van der Waals surface area contributed by atoms with Gasteiger partial charge >= 0.3 is 6.01 Å². The SMILES string of the molecule is Cc1nc(OCCCC2CCN(c3nc(C(C)C)no3)CC2)ccc1C(=O)NC[C@@H](C)O. The molecule has 1 atom stereocenters. The van der Waals surface area contributed by atoms with Gasteiger partial charge < -0.3 is 24.6 Å². The Morgan fingerprint density at radius 1 is 1.28 bits per heavy atom. The summed E-state index contributed by atoms with van der Waals surface area (Å²) >= 11 is 0. The topological polar surface area (TPSA) is 114 Å². The zero-order chi connectivity index (χ0) is 23.1. The highest BCUT2D eigenvalue weighted by Gasteiger charge is 2.23. The summed E-state index contributed by atoms with van der Waals surface area (Å²) in [6.07, 6.45) is 3.69. The quantitative estimate of drug-likeness (QED) is 0.537. The van der Waals surface area contributed by atoms with Gasteiger partial charge in [0.05, 0.1) is 24.0 Å². The molecule has 0 spiro atoms. The number of amides is 1. The van der Waals surface area contributed by atoms with Crippen molar-refractivity contribution in [3.8, 4) is 5.88 Å². The third-order valence-electron chi connectivity index (χ3n) is 5.70. The summed E-state index contributed by atoms with van der Waals surface area (Å²) in [6, 6.07) is 4.07. The zero-order valence-corrected chi connectivity index (χ0v) is 19.5. The number of aryl methyl sites for hydroxylation is 1. The molecule has 0 bridgehead atoms. The molecule has 3 heterocycles. The highest BCUT2D eigenvalue weighted by Crippen LogP contribution is 2.26. The Labute approximate surface area is 189 Å². The Hall–Kier alpha value is -2.68. The lowest BCUT2D eigenvalue weighted by Crippen LogP contribution is -2.34. The fourth-order valence-electron chi connectivity index (χ4n) is 3.75. The third-order valence-corrected chi connectivity index (χ3v) is 5.70. The van der Waals surface area contributed by atoms with Gasteiger partial charge in [0.1, 0.15) is 0 Å². The summed E-state index contributed by atoms with van der Waals surface area (Å²) in [7, 11) is 0. The molecule has 9 nitrogen and oxygen atoms in total. The lowest BCUT2D eigenvalue weighted by Gasteiger charge is -2.30. The molecule has 1 saturated heterocycles. The van der Waals surface area contributed by atoms with Crippen molar-refractivity contribution < 1.29 is 19.2 Å². The van der Waals surface area contributed by atoms with E-state index in [9.17, 15) is 9.90 Å². The number of aromatic nitrogens is 3. The fourth-order valence-corrected chi connectivity index (χ4v) is 3.75. The third kappa shape index (κ3) is 6.66. The molecule has 0 saturated carbocycles. The number of nitrogens with zero attached hydrogens (tertiary/aromatic N) is 4. The first-order valence-electron chi connectivity index (χ1n) is 11.5. The molecule has 3 rings (SSSR count). The number of hydrogen-bond acceptors (Lipinski definition) is 8. The number of hydrogen-bond donors (Lipinski definition) is 2. The summed E-state index contributed by atoms with van der Waals surface area (Å²) in [5.74, 6) is 1.98. The number of nitrogens with one attached hydrogen (secondary N) is 1. The van der Waals surface area contributed by atoms with Crippen molar-refractivity contribution in [2.24, 2.45) is 5.92 Å². The molecule has 0 aliphatic carbocycles. The van der Waals surface area contributed by atoms with Gasteiger partial charge in [0.15, 0.2) is 5.82 Å². The van der Waals surface area contributed by atoms with E-state index in [1.807, 2.05) is 0 Å². The smallest absolute Gasteiger partial charge is 0.324 e. The number of carbonyl (C=O) groups is 1. The average molecular weight is 446 g/mol. The largest absolute Gasteiger partial charge is 0.478 e. The summed E-state index contributed by atoms with van der Waals surface area (Å²) in [5.41, 5.74) is 1.10. The number of carbonyl (C=O) groups excluding carboxylic acids is 1. The maximum atomic E-state index is 12.1. The Kier molecular flexibility index (Phi) is 8.44. The van der Waals surface area contributed by atoms with Crippen LogP contribution in [0.3, 0.4) is 0 Å². The van der Waals surface area contributed by atoms with E-state index in [0.29, 0.717) is 35.7 Å². The first kappa shape index (κ1) is 24.0. The molecule has 2 aromatic rings. The predicted molar refractivity (Wildman–Crippen MR) is 121 cm³/mol. The van der Waals surface area contributed by atoms with Crippen molar-refractivity contribution >= 4 is 11.9 Å². The molecule has 0 aromatic carbocycles. The van der Waals surface area contributed by atoms with Crippen LogP contribution in [0, 0.1) is 12.8 Å². The van der Waals surface area contributed by atoms with Crippen molar-refractivity contribution in [1.29, 1.82) is 0 Å². The first-order valence-corrected chi connectivity index (χ1v) is 11.5. The molecule has 0 unspecified atom stereocenters. The van der Waals surface area contributed by atoms with E-state index in [4.69, 9.17) is 9.26 Å². The molecule has 0 radical (unpaired) electrons. The number of anilines is 1. The second-order valence-electron chi connectivity index (χ2n) is 8.85. The van der Waals surface area contributed by atoms with Gasteiger partial charge in [-0.1, -0.05) is 19.0 Å². The van der Waals surface area contributed by atoms with E-state index >= 15 is 0 Å². The van der Waals surface area contributed by atoms with Crippen LogP contribution < -0.4 is 15.0 Å². The lowest BCUT2D eigenvalue weighted by molar-refractivity contribution is 0.0923. The summed E-state index contributed by atoms with van der Waals surface area (Å²) < 4.78 is 11.2. The van der Waals surface area contributed by atoms with Crippen molar-refractivity contribution in [2.75, 3.05) is 31.1 Å². The first-order chi connectivity index (χ1) is 15.3. The predicted octanol–water partition coefficient (Wildman–Crippen LogP) is 3.08. The van der Waals surface area contributed by atoms with Gasteiger partial charge in [0, 0.05) is 31.6 Å². The van der Waals surface area contributed by atoms with Crippen LogP contribution >= 0.6 is 0 Å². The second-order valence-corrected chi connectivity index (χ2v) is 8.85. The minimum Gasteiger partial charge on any atom is -0.478 e. The molecule has 1 aliphatic rings. The van der Waals surface area contributed by atoms with E-state index in [1.54, 1.807) is 26.0 Å². The Balaban J connectivity index is 1.36. The second kappa shape index (κ2) is 11.3. The van der Waals surface area contributed by atoms with Gasteiger partial charge in [0.25, 0.3) is 5.91 Å². The molecule has 32 heavy (non-hydrogen) atoms. The molecule has 1 amide bonds. The Morgan fingerprint density at radius 2 is 2.03 bits per heavy atom. The van der Waals surface area contributed by atoms with Crippen LogP contribution in [0.4, 0.5) is 6.01 Å². The summed E-state index contributed by atoms with van der Waals surface area (Å²) in [5, 5.41) is 16.0. The number of rotatable bonds is 10. The zero-order valence-electron chi connectivity index (χ0n) is 19.5. The number of aliphatic hydroxyl groups excluding tert-OH is 1. The number of ether oxygens (including phenoxy) is 1. The van der Waals surface area contributed by atoms with Gasteiger partial charge in [-0.3, -0.25) is 4.79 Å². The van der Waals surface area contributed by atoms with Crippen LogP contribution in [-0.2, 0) is 0 Å². The molecule has 2 aromatic heterocycles. The van der Waals surface area contributed by atoms with Crippen LogP contribution in [0.5, 0.6) is 5.88 Å². The van der Waals surface area contributed by atoms with Crippen LogP contribution in [0.25, 0.3) is 0 Å². The standard InChI is InChI=1S/C23H35N5O4/c1-15(2)21-26-23(32-27-21)28-11-9-18(10-12-28)6-5-13-31-20-8-7-19(17(4)25-20)22(30)24-14-16(3)29/h7-8,15-16,18,29H,5-6,9-14H2,1-4H3,(H,24,30)/t16-/m1/s1. The van der Waals surface area contributed by atoms with Crippen LogP contribution in [-0.4, -0.2) is 58.5 Å². The lowest BCUT2D eigenvalue weighted by atomic mass is 9.92.